The first-order valence-electron chi connectivity index (χ1n) is 7.19. The lowest BCUT2D eigenvalue weighted by Gasteiger charge is -2.34. The molecule has 0 radical (unpaired) electrons. The monoisotopic (exact) mass is 374 g/mol. The van der Waals surface area contributed by atoms with E-state index in [1.54, 1.807) is 13.0 Å². The van der Waals surface area contributed by atoms with Crippen LogP contribution in [0.2, 0.25) is 0 Å². The third-order valence-electron chi connectivity index (χ3n) is 4.24. The second-order valence-electron chi connectivity index (χ2n) is 6.70. The van der Waals surface area contributed by atoms with Crippen LogP contribution >= 0.6 is 15.9 Å². The number of benzene rings is 1. The van der Waals surface area contributed by atoms with Crippen molar-refractivity contribution in [3.63, 3.8) is 0 Å². The summed E-state index contributed by atoms with van der Waals surface area (Å²) >= 11 is 3.32. The fraction of sp³-hybridized carbons (Fsp3) is 0.600. The number of anilines is 1. The molecule has 0 atom stereocenters. The quantitative estimate of drug-likeness (QED) is 0.793. The zero-order valence-electron chi connectivity index (χ0n) is 12.7. The van der Waals surface area contributed by atoms with Crippen LogP contribution in [0.25, 0.3) is 0 Å². The number of nitrogens with one attached hydrogen (secondary N) is 1. The molecule has 0 aliphatic heterocycles. The lowest BCUT2D eigenvalue weighted by Crippen LogP contribution is -2.39. The van der Waals surface area contributed by atoms with Crippen LogP contribution in [-0.2, 0) is 10.0 Å². The van der Waals surface area contributed by atoms with Gasteiger partial charge in [0.15, 0.2) is 0 Å². The van der Waals surface area contributed by atoms with Crippen LogP contribution in [0.4, 0.5) is 5.69 Å². The molecule has 0 amide bonds. The predicted octanol–water partition coefficient (Wildman–Crippen LogP) is 3.59. The van der Waals surface area contributed by atoms with E-state index in [1.807, 2.05) is 0 Å². The molecule has 1 aromatic carbocycles. The van der Waals surface area contributed by atoms with Crippen LogP contribution in [-0.4, -0.2) is 14.5 Å². The van der Waals surface area contributed by atoms with E-state index in [0.29, 0.717) is 16.7 Å². The van der Waals surface area contributed by atoms with Gasteiger partial charge in [-0.25, -0.2) is 13.1 Å². The minimum absolute atomic E-state index is 0.0206. The Labute approximate surface area is 135 Å². The molecule has 1 aromatic rings. The van der Waals surface area contributed by atoms with Crippen molar-refractivity contribution < 1.29 is 8.42 Å². The molecule has 2 rings (SSSR count). The van der Waals surface area contributed by atoms with Crippen LogP contribution in [0, 0.1) is 12.3 Å². The van der Waals surface area contributed by atoms with E-state index in [2.05, 4.69) is 34.5 Å². The highest BCUT2D eigenvalue weighted by atomic mass is 79.9. The highest BCUT2D eigenvalue weighted by Gasteiger charge is 2.30. The molecule has 0 heterocycles. The van der Waals surface area contributed by atoms with Gasteiger partial charge >= 0.3 is 0 Å². The maximum absolute atomic E-state index is 12.6. The maximum atomic E-state index is 12.6. The van der Waals surface area contributed by atoms with Gasteiger partial charge in [0.1, 0.15) is 0 Å². The van der Waals surface area contributed by atoms with Crippen LogP contribution in [0.1, 0.15) is 45.1 Å². The molecule has 118 valence electrons. The molecule has 21 heavy (non-hydrogen) atoms. The van der Waals surface area contributed by atoms with E-state index in [9.17, 15) is 8.42 Å². The van der Waals surface area contributed by atoms with E-state index in [-0.39, 0.29) is 10.9 Å². The lowest BCUT2D eigenvalue weighted by atomic mass is 9.76. The van der Waals surface area contributed by atoms with Crippen molar-refractivity contribution in [2.45, 2.75) is 57.4 Å². The van der Waals surface area contributed by atoms with Gasteiger partial charge in [0.2, 0.25) is 10.0 Å². The molecule has 0 unspecified atom stereocenters. The van der Waals surface area contributed by atoms with Gasteiger partial charge in [-0.2, -0.15) is 0 Å². The smallest absolute Gasteiger partial charge is 0.241 e. The maximum Gasteiger partial charge on any atom is 0.241 e. The van der Waals surface area contributed by atoms with Crippen LogP contribution < -0.4 is 10.5 Å². The SMILES string of the molecule is Cc1cc(Br)c(N)cc1S(=O)(=O)NC1CCC(C)(C)CC1. The van der Waals surface area contributed by atoms with Gasteiger partial charge in [0.05, 0.1) is 4.90 Å². The molecular formula is C15H23BrN2O2S. The van der Waals surface area contributed by atoms with E-state index >= 15 is 0 Å². The Morgan fingerprint density at radius 3 is 2.43 bits per heavy atom. The second-order valence-corrected chi connectivity index (χ2v) is 9.24. The zero-order valence-corrected chi connectivity index (χ0v) is 15.1. The van der Waals surface area contributed by atoms with Crippen LogP contribution in [0.5, 0.6) is 0 Å². The third-order valence-corrected chi connectivity index (χ3v) is 6.59. The van der Waals surface area contributed by atoms with E-state index < -0.39 is 10.0 Å². The largest absolute Gasteiger partial charge is 0.398 e. The number of hydrogen-bond acceptors (Lipinski definition) is 3. The number of aryl methyl sites for hydroxylation is 1. The second kappa shape index (κ2) is 5.89. The normalized spacial score (nSPS) is 19.6. The van der Waals surface area contributed by atoms with Gasteiger partial charge in [-0.05, 0) is 71.6 Å². The van der Waals surface area contributed by atoms with Crippen LogP contribution in [0.3, 0.4) is 0 Å². The van der Waals surface area contributed by atoms with Gasteiger partial charge in [0.25, 0.3) is 0 Å². The van der Waals surface area contributed by atoms with Crippen molar-refractivity contribution >= 4 is 31.6 Å². The molecule has 3 N–H and O–H groups in total. The fourth-order valence-corrected chi connectivity index (χ4v) is 4.78. The first-order chi connectivity index (χ1) is 9.61. The van der Waals surface area contributed by atoms with Gasteiger partial charge in [-0.3, -0.25) is 0 Å². The number of nitrogen functional groups attached to an aromatic ring is 1. The molecule has 0 spiro atoms. The Balaban J connectivity index is 2.18. The Morgan fingerprint density at radius 2 is 1.86 bits per heavy atom. The summed E-state index contributed by atoms with van der Waals surface area (Å²) in [6.45, 7) is 6.25. The average Bonchev–Trinajstić information content (AvgIpc) is 2.36. The molecule has 1 aliphatic carbocycles. The van der Waals surface area contributed by atoms with Crippen molar-refractivity contribution in [3.8, 4) is 0 Å². The Bertz CT molecular complexity index is 631. The van der Waals surface area contributed by atoms with Crippen molar-refractivity contribution in [1.82, 2.24) is 4.72 Å². The van der Waals surface area contributed by atoms with Gasteiger partial charge < -0.3 is 5.73 Å². The summed E-state index contributed by atoms with van der Waals surface area (Å²) in [6.07, 6.45) is 3.86. The van der Waals surface area contributed by atoms with Crippen molar-refractivity contribution in [2.24, 2.45) is 5.41 Å². The molecule has 1 aliphatic rings. The molecule has 1 fully saturated rings. The summed E-state index contributed by atoms with van der Waals surface area (Å²) in [5.74, 6) is 0. The summed E-state index contributed by atoms with van der Waals surface area (Å²) in [5.41, 5.74) is 7.27. The summed E-state index contributed by atoms with van der Waals surface area (Å²) in [5, 5.41) is 0. The highest BCUT2D eigenvalue weighted by molar-refractivity contribution is 9.10. The Hall–Kier alpha value is -0.590. The number of halogens is 1. The van der Waals surface area contributed by atoms with Gasteiger partial charge in [-0.15, -0.1) is 0 Å². The van der Waals surface area contributed by atoms with Gasteiger partial charge in [-0.1, -0.05) is 13.8 Å². The topological polar surface area (TPSA) is 72.2 Å². The Morgan fingerprint density at radius 1 is 1.29 bits per heavy atom. The molecule has 0 saturated heterocycles. The van der Waals surface area contributed by atoms with E-state index in [0.717, 1.165) is 30.2 Å². The molecule has 6 heteroatoms. The lowest BCUT2D eigenvalue weighted by molar-refractivity contribution is 0.218. The summed E-state index contributed by atoms with van der Waals surface area (Å²) < 4.78 is 28.7. The van der Waals surface area contributed by atoms with Crippen LogP contribution in [0.15, 0.2) is 21.5 Å². The fourth-order valence-electron chi connectivity index (χ4n) is 2.76. The first-order valence-corrected chi connectivity index (χ1v) is 9.46. The number of sulfonamides is 1. The minimum Gasteiger partial charge on any atom is -0.398 e. The van der Waals surface area contributed by atoms with Crippen molar-refractivity contribution in [3.05, 3.63) is 22.2 Å². The summed E-state index contributed by atoms with van der Waals surface area (Å²) in [6, 6.07) is 3.29. The van der Waals surface area contributed by atoms with Crippen molar-refractivity contribution in [2.75, 3.05) is 5.73 Å². The Kier molecular flexibility index (Phi) is 4.71. The van der Waals surface area contributed by atoms with Gasteiger partial charge in [0, 0.05) is 16.2 Å². The molecular weight excluding hydrogens is 352 g/mol. The standard InChI is InChI=1S/C15H23BrN2O2S/c1-10-8-12(16)13(17)9-14(10)21(19,20)18-11-4-6-15(2,3)7-5-11/h8-9,11,18H,4-7,17H2,1-3H3. The van der Waals surface area contributed by atoms with E-state index in [4.69, 9.17) is 5.73 Å². The molecule has 4 nitrogen and oxygen atoms in total. The predicted molar refractivity (Wildman–Crippen MR) is 89.6 cm³/mol. The highest BCUT2D eigenvalue weighted by Crippen LogP contribution is 2.35. The van der Waals surface area contributed by atoms with Crippen molar-refractivity contribution in [1.29, 1.82) is 0 Å². The average molecular weight is 375 g/mol. The first kappa shape index (κ1) is 16.8. The third kappa shape index (κ3) is 3.99. The molecule has 0 bridgehead atoms. The summed E-state index contributed by atoms with van der Waals surface area (Å²) in [4.78, 5) is 0.271. The minimum atomic E-state index is -3.52. The number of hydrogen-bond donors (Lipinski definition) is 2. The number of rotatable bonds is 3. The zero-order chi connectivity index (χ0) is 15.8. The number of nitrogens with two attached hydrogens (primary N) is 1. The summed E-state index contributed by atoms with van der Waals surface area (Å²) in [7, 11) is -3.52. The molecule has 1 saturated carbocycles. The molecule has 0 aromatic heterocycles. The van der Waals surface area contributed by atoms with E-state index in [1.165, 1.54) is 6.07 Å².